The van der Waals surface area contributed by atoms with Gasteiger partial charge in [-0.25, -0.2) is 4.68 Å². The van der Waals surface area contributed by atoms with Gasteiger partial charge in [0.1, 0.15) is 0 Å². The number of nitrogens with one attached hydrogen (secondary N) is 2. The summed E-state index contributed by atoms with van der Waals surface area (Å²) in [5.41, 5.74) is 3.92. The van der Waals surface area contributed by atoms with Crippen molar-refractivity contribution in [2.75, 3.05) is 13.1 Å². The molecule has 0 atom stereocenters. The van der Waals surface area contributed by atoms with E-state index in [9.17, 15) is 4.79 Å². The molecule has 1 aromatic carbocycles. The van der Waals surface area contributed by atoms with Crippen LogP contribution in [0.3, 0.4) is 0 Å². The topological polar surface area (TPSA) is 59.0 Å². The molecule has 0 aliphatic rings. The summed E-state index contributed by atoms with van der Waals surface area (Å²) < 4.78 is 1.93. The smallest absolute Gasteiger partial charge is 0.225 e. The number of benzene rings is 1. The molecule has 0 aliphatic heterocycles. The van der Waals surface area contributed by atoms with Gasteiger partial charge >= 0.3 is 0 Å². The average Bonchev–Trinajstić information content (AvgIpc) is 2.82. The monoisotopic (exact) mass is 362 g/mol. The quantitative estimate of drug-likeness (QED) is 0.774. The van der Waals surface area contributed by atoms with Crippen molar-refractivity contribution >= 4 is 17.5 Å². The lowest BCUT2D eigenvalue weighted by atomic mass is 9.96. The number of carbonyl (C=O) groups is 1. The van der Waals surface area contributed by atoms with Gasteiger partial charge in [-0.05, 0) is 38.1 Å². The highest BCUT2D eigenvalue weighted by Gasteiger charge is 2.20. The predicted molar refractivity (Wildman–Crippen MR) is 102 cm³/mol. The minimum Gasteiger partial charge on any atom is -0.354 e. The molecule has 0 saturated carbocycles. The van der Waals surface area contributed by atoms with Gasteiger partial charge in [0.2, 0.25) is 5.91 Å². The van der Waals surface area contributed by atoms with Crippen molar-refractivity contribution in [3.63, 3.8) is 0 Å². The van der Waals surface area contributed by atoms with Crippen LogP contribution in [-0.2, 0) is 11.3 Å². The van der Waals surface area contributed by atoms with Crippen LogP contribution in [0.4, 0.5) is 0 Å². The summed E-state index contributed by atoms with van der Waals surface area (Å²) in [6, 6.07) is 7.65. The first-order valence-corrected chi connectivity index (χ1v) is 8.88. The first-order valence-electron chi connectivity index (χ1n) is 8.50. The molecule has 2 N–H and O–H groups in total. The van der Waals surface area contributed by atoms with Crippen LogP contribution < -0.4 is 10.6 Å². The van der Waals surface area contributed by atoms with Crippen molar-refractivity contribution in [2.24, 2.45) is 5.41 Å². The standard InChI is InChI=1S/C19H27ClN4O/c1-13-17(12-21-10-11-22-18(25)19(3,4)5)14(2)24(23-13)16-8-6-15(20)7-9-16/h6-9,21H,10-12H2,1-5H3,(H,22,25). The molecule has 0 unspecified atom stereocenters. The number of nitrogens with zero attached hydrogens (tertiary/aromatic N) is 2. The summed E-state index contributed by atoms with van der Waals surface area (Å²) in [4.78, 5) is 11.8. The van der Waals surface area contributed by atoms with E-state index in [1.54, 1.807) is 0 Å². The first-order chi connectivity index (χ1) is 11.7. The Morgan fingerprint density at radius 3 is 2.40 bits per heavy atom. The van der Waals surface area contributed by atoms with Gasteiger partial charge in [0.05, 0.1) is 11.4 Å². The molecule has 0 aliphatic carbocycles. The summed E-state index contributed by atoms with van der Waals surface area (Å²) in [5, 5.41) is 11.7. The third kappa shape index (κ3) is 5.06. The summed E-state index contributed by atoms with van der Waals surface area (Å²) in [7, 11) is 0. The lowest BCUT2D eigenvalue weighted by Gasteiger charge is -2.17. The van der Waals surface area contributed by atoms with Crippen molar-refractivity contribution in [1.29, 1.82) is 0 Å². The number of amides is 1. The van der Waals surface area contributed by atoms with Gasteiger partial charge in [0, 0.05) is 41.3 Å². The SMILES string of the molecule is Cc1nn(-c2ccc(Cl)cc2)c(C)c1CNCCNC(=O)C(C)(C)C. The molecule has 136 valence electrons. The van der Waals surface area contributed by atoms with E-state index in [2.05, 4.69) is 22.7 Å². The summed E-state index contributed by atoms with van der Waals surface area (Å²) in [6.07, 6.45) is 0. The number of aryl methyl sites for hydroxylation is 1. The normalized spacial score (nSPS) is 11.6. The Morgan fingerprint density at radius 2 is 1.80 bits per heavy atom. The molecule has 0 bridgehead atoms. The molecular weight excluding hydrogens is 336 g/mol. The molecule has 0 saturated heterocycles. The van der Waals surface area contributed by atoms with Crippen LogP contribution in [0.15, 0.2) is 24.3 Å². The van der Waals surface area contributed by atoms with E-state index in [1.165, 1.54) is 5.56 Å². The van der Waals surface area contributed by atoms with Crippen molar-refractivity contribution in [3.8, 4) is 5.69 Å². The Bertz CT molecular complexity index is 729. The number of halogens is 1. The van der Waals surface area contributed by atoms with E-state index in [-0.39, 0.29) is 11.3 Å². The van der Waals surface area contributed by atoms with Crippen molar-refractivity contribution in [1.82, 2.24) is 20.4 Å². The Kier molecular flexibility index (Phi) is 6.25. The maximum Gasteiger partial charge on any atom is 0.225 e. The number of aromatic nitrogens is 2. The van der Waals surface area contributed by atoms with Crippen LogP contribution in [0.1, 0.15) is 37.7 Å². The van der Waals surface area contributed by atoms with E-state index in [0.29, 0.717) is 18.1 Å². The maximum atomic E-state index is 11.8. The molecule has 5 nitrogen and oxygen atoms in total. The largest absolute Gasteiger partial charge is 0.354 e. The number of carbonyl (C=O) groups excluding carboxylic acids is 1. The number of rotatable bonds is 6. The second-order valence-corrected chi connectivity index (χ2v) is 7.66. The van der Waals surface area contributed by atoms with Gasteiger partial charge in [0.25, 0.3) is 0 Å². The minimum absolute atomic E-state index is 0.0669. The van der Waals surface area contributed by atoms with Crippen LogP contribution in [0.25, 0.3) is 5.69 Å². The number of hydrogen-bond donors (Lipinski definition) is 2. The average molecular weight is 363 g/mol. The lowest BCUT2D eigenvalue weighted by Crippen LogP contribution is -2.38. The molecular formula is C19H27ClN4O. The fourth-order valence-corrected chi connectivity index (χ4v) is 2.63. The van der Waals surface area contributed by atoms with E-state index in [4.69, 9.17) is 11.6 Å². The van der Waals surface area contributed by atoms with Crippen LogP contribution in [0.5, 0.6) is 0 Å². The molecule has 0 radical (unpaired) electrons. The highest BCUT2D eigenvalue weighted by Crippen LogP contribution is 2.19. The fourth-order valence-electron chi connectivity index (χ4n) is 2.51. The lowest BCUT2D eigenvalue weighted by molar-refractivity contribution is -0.128. The van der Waals surface area contributed by atoms with Crippen molar-refractivity contribution in [3.05, 3.63) is 46.2 Å². The van der Waals surface area contributed by atoms with Crippen LogP contribution in [0, 0.1) is 19.3 Å². The molecule has 2 aromatic rings. The second kappa shape index (κ2) is 8.02. The van der Waals surface area contributed by atoms with E-state index in [0.717, 1.165) is 23.6 Å². The highest BCUT2D eigenvalue weighted by molar-refractivity contribution is 6.30. The maximum absolute atomic E-state index is 11.8. The zero-order valence-corrected chi connectivity index (χ0v) is 16.4. The van der Waals surface area contributed by atoms with Crippen LogP contribution >= 0.6 is 11.6 Å². The van der Waals surface area contributed by atoms with Crippen LogP contribution in [0.2, 0.25) is 5.02 Å². The van der Waals surface area contributed by atoms with Gasteiger partial charge in [-0.3, -0.25) is 4.79 Å². The summed E-state index contributed by atoms with van der Waals surface area (Å²) in [6.45, 7) is 11.8. The number of hydrogen-bond acceptors (Lipinski definition) is 3. The van der Waals surface area contributed by atoms with Gasteiger partial charge < -0.3 is 10.6 Å². The van der Waals surface area contributed by atoms with Crippen LogP contribution in [-0.4, -0.2) is 28.8 Å². The molecule has 25 heavy (non-hydrogen) atoms. The molecule has 1 amide bonds. The molecule has 0 spiro atoms. The Labute approximate surface area is 154 Å². The van der Waals surface area contributed by atoms with Crippen molar-refractivity contribution in [2.45, 2.75) is 41.2 Å². The summed E-state index contributed by atoms with van der Waals surface area (Å²) >= 11 is 5.95. The van der Waals surface area contributed by atoms with Crippen molar-refractivity contribution < 1.29 is 4.79 Å². The van der Waals surface area contributed by atoms with E-state index < -0.39 is 0 Å². The highest BCUT2D eigenvalue weighted by atomic mass is 35.5. The Hall–Kier alpha value is -1.85. The molecule has 0 fully saturated rings. The van der Waals surface area contributed by atoms with Gasteiger partial charge in [-0.15, -0.1) is 0 Å². The van der Waals surface area contributed by atoms with Gasteiger partial charge in [-0.2, -0.15) is 5.10 Å². The van der Waals surface area contributed by atoms with E-state index in [1.807, 2.05) is 56.6 Å². The molecule has 2 rings (SSSR count). The molecule has 1 heterocycles. The van der Waals surface area contributed by atoms with Gasteiger partial charge in [-0.1, -0.05) is 32.4 Å². The fraction of sp³-hybridized carbons (Fsp3) is 0.474. The predicted octanol–water partition coefficient (Wildman–Crippen LogP) is 3.39. The zero-order valence-electron chi connectivity index (χ0n) is 15.6. The molecule has 1 aromatic heterocycles. The third-order valence-corrected chi connectivity index (χ3v) is 4.33. The third-order valence-electron chi connectivity index (χ3n) is 4.08. The minimum atomic E-state index is -0.354. The Morgan fingerprint density at radius 1 is 1.16 bits per heavy atom. The first kappa shape index (κ1) is 19.5. The molecule has 6 heteroatoms. The second-order valence-electron chi connectivity index (χ2n) is 7.22. The zero-order chi connectivity index (χ0) is 18.6. The Balaban J connectivity index is 1.93. The van der Waals surface area contributed by atoms with Gasteiger partial charge in [0.15, 0.2) is 0 Å². The summed E-state index contributed by atoms with van der Waals surface area (Å²) in [5.74, 6) is 0.0669. The van der Waals surface area contributed by atoms with E-state index >= 15 is 0 Å².